The van der Waals surface area contributed by atoms with Crippen molar-refractivity contribution in [2.75, 3.05) is 0 Å². The van der Waals surface area contributed by atoms with Crippen molar-refractivity contribution in [2.45, 2.75) is 25.0 Å². The van der Waals surface area contributed by atoms with Gasteiger partial charge in [-0.15, -0.1) is 0 Å². The molecule has 130 valence electrons. The molecule has 2 aromatic carbocycles. The van der Waals surface area contributed by atoms with E-state index in [2.05, 4.69) is 10.1 Å². The molecule has 3 rings (SSSR count). The normalized spacial score (nSPS) is 14.9. The number of aromatic nitrogens is 3. The first-order valence-electron chi connectivity index (χ1n) is 7.66. The molecule has 2 unspecified atom stereocenters. The first kappa shape index (κ1) is 17.5. The third-order valence-corrected chi connectivity index (χ3v) is 4.57. The number of benzene rings is 2. The summed E-state index contributed by atoms with van der Waals surface area (Å²) in [6, 6.07) is 10.1. The Morgan fingerprint density at radius 3 is 2.68 bits per heavy atom. The van der Waals surface area contributed by atoms with Crippen LogP contribution in [0.2, 0.25) is 5.02 Å². The maximum absolute atomic E-state index is 14.5. The van der Waals surface area contributed by atoms with Crippen molar-refractivity contribution < 1.29 is 13.9 Å². The van der Waals surface area contributed by atoms with E-state index in [0.29, 0.717) is 5.02 Å². The molecule has 4 nitrogen and oxygen atoms in total. The van der Waals surface area contributed by atoms with Crippen molar-refractivity contribution in [3.63, 3.8) is 0 Å². The lowest BCUT2D eigenvalue weighted by atomic mass is 9.78. The average molecular weight is 364 g/mol. The highest BCUT2D eigenvalue weighted by atomic mass is 35.5. The van der Waals surface area contributed by atoms with Gasteiger partial charge in [-0.3, -0.25) is 0 Å². The van der Waals surface area contributed by atoms with Crippen LogP contribution in [-0.4, -0.2) is 19.9 Å². The van der Waals surface area contributed by atoms with E-state index in [0.717, 1.165) is 17.7 Å². The molecule has 2 atom stereocenters. The number of aliphatic hydroxyl groups is 1. The smallest absolute Gasteiger partial charge is 0.137 e. The van der Waals surface area contributed by atoms with Gasteiger partial charge in [0.2, 0.25) is 0 Å². The summed E-state index contributed by atoms with van der Waals surface area (Å²) < 4.78 is 29.2. The van der Waals surface area contributed by atoms with Crippen molar-refractivity contribution in [3.8, 4) is 0 Å². The van der Waals surface area contributed by atoms with E-state index in [9.17, 15) is 13.9 Å². The number of hydrogen-bond donors (Lipinski definition) is 1. The third-order valence-electron chi connectivity index (χ3n) is 4.33. The van der Waals surface area contributed by atoms with Crippen LogP contribution in [0.5, 0.6) is 0 Å². The molecule has 0 saturated heterocycles. The van der Waals surface area contributed by atoms with E-state index in [1.54, 1.807) is 31.2 Å². The topological polar surface area (TPSA) is 50.9 Å². The van der Waals surface area contributed by atoms with Gasteiger partial charge in [-0.25, -0.2) is 18.4 Å². The summed E-state index contributed by atoms with van der Waals surface area (Å²) in [5.74, 6) is -2.08. The van der Waals surface area contributed by atoms with Crippen LogP contribution in [0.25, 0.3) is 0 Å². The van der Waals surface area contributed by atoms with E-state index < -0.39 is 23.2 Å². The molecule has 0 amide bonds. The number of rotatable bonds is 5. The standard InChI is InChI=1S/C18H16ClF2N3O/c1-12(13-3-2-4-14(19)7-13)18(25,9-24-11-22-10-23-24)16-6-5-15(20)8-17(16)21/h2-8,10-12,25H,9H2,1H3. The second kappa shape index (κ2) is 6.90. The summed E-state index contributed by atoms with van der Waals surface area (Å²) in [5.41, 5.74) is -0.980. The molecule has 0 spiro atoms. The van der Waals surface area contributed by atoms with Gasteiger partial charge in [0.1, 0.15) is 29.9 Å². The second-order valence-corrected chi connectivity index (χ2v) is 6.35. The largest absolute Gasteiger partial charge is 0.382 e. The average Bonchev–Trinajstić information content (AvgIpc) is 3.06. The van der Waals surface area contributed by atoms with E-state index >= 15 is 0 Å². The predicted molar refractivity (Wildman–Crippen MR) is 90.1 cm³/mol. The Hall–Kier alpha value is -2.31. The molecular weight excluding hydrogens is 348 g/mol. The summed E-state index contributed by atoms with van der Waals surface area (Å²) in [6.45, 7) is 1.70. The van der Waals surface area contributed by atoms with E-state index in [1.165, 1.54) is 23.4 Å². The Morgan fingerprint density at radius 1 is 1.24 bits per heavy atom. The Kier molecular flexibility index (Phi) is 4.83. The van der Waals surface area contributed by atoms with Crippen molar-refractivity contribution in [1.29, 1.82) is 0 Å². The van der Waals surface area contributed by atoms with Gasteiger partial charge < -0.3 is 5.11 Å². The van der Waals surface area contributed by atoms with Gasteiger partial charge in [-0.2, -0.15) is 5.10 Å². The fraction of sp³-hybridized carbons (Fsp3) is 0.222. The van der Waals surface area contributed by atoms with E-state index in [-0.39, 0.29) is 12.1 Å². The van der Waals surface area contributed by atoms with Crippen LogP contribution in [-0.2, 0) is 12.1 Å². The highest BCUT2D eigenvalue weighted by Gasteiger charge is 2.40. The molecule has 1 N–H and O–H groups in total. The van der Waals surface area contributed by atoms with Gasteiger partial charge >= 0.3 is 0 Å². The Labute approximate surface area is 148 Å². The first-order chi connectivity index (χ1) is 11.9. The fourth-order valence-corrected chi connectivity index (χ4v) is 3.11. The number of hydrogen-bond acceptors (Lipinski definition) is 3. The molecular formula is C18H16ClF2N3O. The molecule has 1 aromatic heterocycles. The Bertz CT molecular complexity index is 873. The van der Waals surface area contributed by atoms with Crippen LogP contribution < -0.4 is 0 Å². The molecule has 0 saturated carbocycles. The lowest BCUT2D eigenvalue weighted by Crippen LogP contribution is -2.38. The van der Waals surface area contributed by atoms with Crippen molar-refractivity contribution >= 4 is 11.6 Å². The van der Waals surface area contributed by atoms with Gasteiger partial charge in [0, 0.05) is 22.6 Å². The Balaban J connectivity index is 2.11. The lowest BCUT2D eigenvalue weighted by molar-refractivity contribution is -0.0112. The quantitative estimate of drug-likeness (QED) is 0.748. The minimum atomic E-state index is -1.68. The first-order valence-corrected chi connectivity index (χ1v) is 8.04. The van der Waals surface area contributed by atoms with Gasteiger partial charge in [0.25, 0.3) is 0 Å². The molecule has 7 heteroatoms. The van der Waals surface area contributed by atoms with E-state index in [1.807, 2.05) is 0 Å². The van der Waals surface area contributed by atoms with Gasteiger partial charge in [-0.1, -0.05) is 36.7 Å². The number of halogens is 3. The van der Waals surface area contributed by atoms with Crippen LogP contribution in [0.4, 0.5) is 8.78 Å². The van der Waals surface area contributed by atoms with Crippen molar-refractivity contribution in [1.82, 2.24) is 14.8 Å². The molecule has 0 bridgehead atoms. The molecule has 3 aromatic rings. The molecule has 0 fully saturated rings. The zero-order valence-corrected chi connectivity index (χ0v) is 14.2. The molecule has 0 aliphatic carbocycles. The van der Waals surface area contributed by atoms with E-state index in [4.69, 9.17) is 11.6 Å². The maximum Gasteiger partial charge on any atom is 0.137 e. The molecule has 0 aliphatic heterocycles. The number of nitrogens with zero attached hydrogens (tertiary/aromatic N) is 3. The van der Waals surface area contributed by atoms with Crippen LogP contribution in [0.15, 0.2) is 55.1 Å². The van der Waals surface area contributed by atoms with Crippen LogP contribution in [0, 0.1) is 11.6 Å². The summed E-state index contributed by atoms with van der Waals surface area (Å²) >= 11 is 6.05. The maximum atomic E-state index is 14.5. The van der Waals surface area contributed by atoms with Gasteiger partial charge in [0.05, 0.1) is 6.54 Å². The summed E-state index contributed by atoms with van der Waals surface area (Å²) in [6.07, 6.45) is 2.75. The summed E-state index contributed by atoms with van der Waals surface area (Å²) in [5, 5.41) is 15.9. The van der Waals surface area contributed by atoms with Crippen LogP contribution in [0.3, 0.4) is 0 Å². The fourth-order valence-electron chi connectivity index (χ4n) is 2.91. The second-order valence-electron chi connectivity index (χ2n) is 5.92. The highest BCUT2D eigenvalue weighted by molar-refractivity contribution is 6.30. The third kappa shape index (κ3) is 3.55. The zero-order valence-electron chi connectivity index (χ0n) is 13.4. The lowest BCUT2D eigenvalue weighted by Gasteiger charge is -2.35. The van der Waals surface area contributed by atoms with Gasteiger partial charge in [-0.05, 0) is 23.8 Å². The SMILES string of the molecule is CC(c1cccc(Cl)c1)C(O)(Cn1cncn1)c1ccc(F)cc1F. The monoisotopic (exact) mass is 363 g/mol. The van der Waals surface area contributed by atoms with Crippen molar-refractivity contribution in [3.05, 3.63) is 82.9 Å². The minimum absolute atomic E-state index is 0.0168. The zero-order chi connectivity index (χ0) is 18.0. The summed E-state index contributed by atoms with van der Waals surface area (Å²) in [4.78, 5) is 3.85. The molecule has 0 aliphatic rings. The highest BCUT2D eigenvalue weighted by Crippen LogP contribution is 2.40. The minimum Gasteiger partial charge on any atom is -0.382 e. The van der Waals surface area contributed by atoms with Crippen molar-refractivity contribution in [2.24, 2.45) is 0 Å². The molecule has 0 radical (unpaired) electrons. The predicted octanol–water partition coefficient (Wildman–Crippen LogP) is 3.90. The molecule has 25 heavy (non-hydrogen) atoms. The van der Waals surface area contributed by atoms with Gasteiger partial charge in [0.15, 0.2) is 0 Å². The Morgan fingerprint density at radius 2 is 2.04 bits per heavy atom. The van der Waals surface area contributed by atoms with Crippen LogP contribution in [0.1, 0.15) is 24.0 Å². The summed E-state index contributed by atoms with van der Waals surface area (Å²) in [7, 11) is 0. The van der Waals surface area contributed by atoms with Crippen LogP contribution >= 0.6 is 11.6 Å². The molecule has 1 heterocycles.